The van der Waals surface area contributed by atoms with Crippen molar-refractivity contribution in [2.24, 2.45) is 11.5 Å². The van der Waals surface area contributed by atoms with Crippen LogP contribution in [0.15, 0.2) is 30.3 Å². The van der Waals surface area contributed by atoms with Gasteiger partial charge in [0.15, 0.2) is 5.78 Å². The fraction of sp³-hybridized carbons (Fsp3) is 0.364. The van der Waals surface area contributed by atoms with E-state index in [1.54, 1.807) is 0 Å². The highest BCUT2D eigenvalue weighted by Gasteiger charge is 2.20. The lowest BCUT2D eigenvalue weighted by atomic mass is 9.93. The van der Waals surface area contributed by atoms with Crippen molar-refractivity contribution in [3.8, 4) is 0 Å². The normalized spacial score (nSPS) is 14.8. The summed E-state index contributed by atoms with van der Waals surface area (Å²) in [7, 11) is 0. The third kappa shape index (κ3) is 2.40. The Balaban J connectivity index is 2.76. The molecule has 0 saturated carbocycles. The van der Waals surface area contributed by atoms with Crippen LogP contribution in [0, 0.1) is 0 Å². The van der Waals surface area contributed by atoms with Crippen LogP contribution in [0.25, 0.3) is 0 Å². The van der Waals surface area contributed by atoms with E-state index in [4.69, 9.17) is 11.5 Å². The van der Waals surface area contributed by atoms with Gasteiger partial charge in [-0.25, -0.2) is 0 Å². The molecule has 1 aromatic rings. The standard InChI is InChI=1S/C11H16N2O/c1-8(11(14)10(13)7-12)9-5-3-2-4-6-9/h2-6,8,10H,7,12-13H2,1H3. The Kier molecular flexibility index (Phi) is 3.80. The quantitative estimate of drug-likeness (QED) is 0.735. The van der Waals surface area contributed by atoms with Crippen molar-refractivity contribution in [3.63, 3.8) is 0 Å². The zero-order valence-electron chi connectivity index (χ0n) is 8.31. The molecule has 0 aliphatic heterocycles. The molecule has 2 unspecified atom stereocenters. The second kappa shape index (κ2) is 4.88. The monoisotopic (exact) mass is 192 g/mol. The largest absolute Gasteiger partial charge is 0.328 e. The zero-order chi connectivity index (χ0) is 10.6. The predicted octanol–water partition coefficient (Wildman–Crippen LogP) is 0.645. The number of ketones is 1. The number of carbonyl (C=O) groups excluding carboxylic acids is 1. The summed E-state index contributed by atoms with van der Waals surface area (Å²) >= 11 is 0. The highest BCUT2D eigenvalue weighted by molar-refractivity contribution is 5.90. The first kappa shape index (κ1) is 10.9. The van der Waals surface area contributed by atoms with Crippen LogP contribution >= 0.6 is 0 Å². The van der Waals surface area contributed by atoms with Gasteiger partial charge in [0.25, 0.3) is 0 Å². The molecule has 0 heterocycles. The molecule has 0 amide bonds. The molecule has 1 rings (SSSR count). The Morgan fingerprint density at radius 3 is 2.43 bits per heavy atom. The van der Waals surface area contributed by atoms with Gasteiger partial charge >= 0.3 is 0 Å². The van der Waals surface area contributed by atoms with Gasteiger partial charge < -0.3 is 11.5 Å². The summed E-state index contributed by atoms with van der Waals surface area (Å²) in [6, 6.07) is 9.03. The SMILES string of the molecule is CC(C(=O)C(N)CN)c1ccccc1. The second-order valence-electron chi connectivity index (χ2n) is 3.38. The molecular formula is C11H16N2O. The average Bonchev–Trinajstić information content (AvgIpc) is 2.27. The van der Waals surface area contributed by atoms with Gasteiger partial charge in [-0.3, -0.25) is 4.79 Å². The van der Waals surface area contributed by atoms with Gasteiger partial charge in [0.05, 0.1) is 6.04 Å². The summed E-state index contributed by atoms with van der Waals surface area (Å²) in [4.78, 5) is 11.7. The van der Waals surface area contributed by atoms with Gasteiger partial charge in [0, 0.05) is 12.5 Å². The van der Waals surface area contributed by atoms with Crippen molar-refractivity contribution in [2.45, 2.75) is 18.9 Å². The first-order valence-corrected chi connectivity index (χ1v) is 4.71. The first-order valence-electron chi connectivity index (χ1n) is 4.71. The molecule has 0 fully saturated rings. The Bertz CT molecular complexity index is 297. The Labute approximate surface area is 84.1 Å². The third-order valence-electron chi connectivity index (χ3n) is 2.35. The maximum absolute atomic E-state index is 11.7. The number of benzene rings is 1. The van der Waals surface area contributed by atoms with Crippen molar-refractivity contribution in [3.05, 3.63) is 35.9 Å². The molecule has 0 saturated heterocycles. The molecule has 0 spiro atoms. The topological polar surface area (TPSA) is 69.1 Å². The number of carbonyl (C=O) groups is 1. The summed E-state index contributed by atoms with van der Waals surface area (Å²) in [6.45, 7) is 2.06. The predicted molar refractivity (Wildman–Crippen MR) is 56.9 cm³/mol. The number of Topliss-reactive ketones (excluding diaryl/α,β-unsaturated/α-hetero) is 1. The third-order valence-corrected chi connectivity index (χ3v) is 2.35. The van der Waals surface area contributed by atoms with Gasteiger partial charge in [-0.1, -0.05) is 37.3 Å². The van der Waals surface area contributed by atoms with Gasteiger partial charge in [-0.2, -0.15) is 0 Å². The maximum Gasteiger partial charge on any atom is 0.157 e. The van der Waals surface area contributed by atoms with Crippen molar-refractivity contribution in [1.29, 1.82) is 0 Å². The van der Waals surface area contributed by atoms with E-state index in [9.17, 15) is 4.79 Å². The minimum Gasteiger partial charge on any atom is -0.328 e. The molecule has 2 atom stereocenters. The summed E-state index contributed by atoms with van der Waals surface area (Å²) in [5.74, 6) is -0.173. The van der Waals surface area contributed by atoms with E-state index >= 15 is 0 Å². The summed E-state index contributed by atoms with van der Waals surface area (Å²) in [5.41, 5.74) is 11.9. The molecule has 14 heavy (non-hydrogen) atoms. The number of nitrogens with two attached hydrogens (primary N) is 2. The number of hydrogen-bond donors (Lipinski definition) is 2. The van der Waals surface area contributed by atoms with E-state index in [0.29, 0.717) is 0 Å². The van der Waals surface area contributed by atoms with Gasteiger partial charge in [0.2, 0.25) is 0 Å². The molecule has 3 nitrogen and oxygen atoms in total. The van der Waals surface area contributed by atoms with Crippen molar-refractivity contribution in [1.82, 2.24) is 0 Å². The Morgan fingerprint density at radius 1 is 1.36 bits per heavy atom. The number of rotatable bonds is 4. The second-order valence-corrected chi connectivity index (χ2v) is 3.38. The summed E-state index contributed by atoms with van der Waals surface area (Å²) in [6.07, 6.45) is 0. The van der Waals surface area contributed by atoms with Gasteiger partial charge in [0.1, 0.15) is 0 Å². The van der Waals surface area contributed by atoms with Gasteiger partial charge in [-0.05, 0) is 5.56 Å². The fourth-order valence-corrected chi connectivity index (χ4v) is 1.34. The van der Waals surface area contributed by atoms with Crippen molar-refractivity contribution >= 4 is 5.78 Å². The van der Waals surface area contributed by atoms with E-state index < -0.39 is 6.04 Å². The number of hydrogen-bond acceptors (Lipinski definition) is 3. The smallest absolute Gasteiger partial charge is 0.157 e. The lowest BCUT2D eigenvalue weighted by Crippen LogP contribution is -2.40. The molecule has 3 heteroatoms. The molecule has 1 aromatic carbocycles. The molecule has 0 bridgehead atoms. The van der Waals surface area contributed by atoms with Crippen LogP contribution in [0.3, 0.4) is 0 Å². The highest BCUT2D eigenvalue weighted by atomic mass is 16.1. The van der Waals surface area contributed by atoms with E-state index in [1.807, 2.05) is 37.3 Å². The lowest BCUT2D eigenvalue weighted by Gasteiger charge is -2.14. The maximum atomic E-state index is 11.7. The molecule has 76 valence electrons. The van der Waals surface area contributed by atoms with E-state index in [0.717, 1.165) is 5.56 Å². The van der Waals surface area contributed by atoms with Crippen LogP contribution in [-0.4, -0.2) is 18.4 Å². The van der Waals surface area contributed by atoms with Crippen molar-refractivity contribution in [2.75, 3.05) is 6.54 Å². The molecule has 4 N–H and O–H groups in total. The van der Waals surface area contributed by atoms with Crippen LogP contribution in [0.1, 0.15) is 18.4 Å². The van der Waals surface area contributed by atoms with E-state index in [-0.39, 0.29) is 18.2 Å². The summed E-state index contributed by atoms with van der Waals surface area (Å²) < 4.78 is 0. The summed E-state index contributed by atoms with van der Waals surface area (Å²) in [5, 5.41) is 0. The van der Waals surface area contributed by atoms with Crippen LogP contribution in [0.5, 0.6) is 0 Å². The zero-order valence-corrected chi connectivity index (χ0v) is 8.31. The molecule has 0 aliphatic carbocycles. The van der Waals surface area contributed by atoms with Crippen LogP contribution in [-0.2, 0) is 4.79 Å². The molecule has 0 aromatic heterocycles. The fourth-order valence-electron chi connectivity index (χ4n) is 1.34. The Morgan fingerprint density at radius 2 is 1.93 bits per heavy atom. The molecule has 0 radical (unpaired) electrons. The van der Waals surface area contributed by atoms with Crippen LogP contribution < -0.4 is 11.5 Å². The highest BCUT2D eigenvalue weighted by Crippen LogP contribution is 2.16. The Hall–Kier alpha value is -1.19. The first-order chi connectivity index (χ1) is 6.66. The van der Waals surface area contributed by atoms with E-state index in [2.05, 4.69) is 0 Å². The van der Waals surface area contributed by atoms with Crippen LogP contribution in [0.2, 0.25) is 0 Å². The minimum atomic E-state index is -0.551. The molecular weight excluding hydrogens is 176 g/mol. The van der Waals surface area contributed by atoms with Gasteiger partial charge in [-0.15, -0.1) is 0 Å². The van der Waals surface area contributed by atoms with Crippen LogP contribution in [0.4, 0.5) is 0 Å². The lowest BCUT2D eigenvalue weighted by molar-refractivity contribution is -0.121. The molecule has 0 aliphatic rings. The van der Waals surface area contributed by atoms with Crippen molar-refractivity contribution < 1.29 is 4.79 Å². The van der Waals surface area contributed by atoms with E-state index in [1.165, 1.54) is 0 Å². The minimum absolute atomic E-state index is 0.00120. The average molecular weight is 192 g/mol.